The minimum absolute atomic E-state index is 0.103. The van der Waals surface area contributed by atoms with Crippen molar-refractivity contribution in [3.05, 3.63) is 64.9 Å². The second-order valence-electron chi connectivity index (χ2n) is 6.52. The number of carbonyl (C=O) groups excluding carboxylic acids is 3. The maximum atomic E-state index is 12.8. The van der Waals surface area contributed by atoms with E-state index in [1.165, 1.54) is 38.5 Å². The zero-order valence-electron chi connectivity index (χ0n) is 16.4. The second-order valence-corrected chi connectivity index (χ2v) is 6.52. The molecule has 9 nitrogen and oxygen atoms in total. The summed E-state index contributed by atoms with van der Waals surface area (Å²) < 4.78 is 15.4. The number of anilines is 2. The van der Waals surface area contributed by atoms with Crippen molar-refractivity contribution in [3.8, 4) is 11.5 Å². The summed E-state index contributed by atoms with van der Waals surface area (Å²) in [6.07, 6.45) is 0. The van der Waals surface area contributed by atoms with E-state index in [-0.39, 0.29) is 22.5 Å². The normalized spacial score (nSPS) is 12.7. The van der Waals surface area contributed by atoms with E-state index in [2.05, 4.69) is 10.5 Å². The molecule has 3 amide bonds. The standard InChI is InChI=1S/C21H17N3O6/c1-11-8-18(23-30-11)24-20(26)14-6-4-12(9-15(14)21(24)27)19(25)22-16-10-13(28-2)5-7-17(16)29-3/h4-10H,1-3H3,(H,22,25). The van der Waals surface area contributed by atoms with E-state index < -0.39 is 17.7 Å². The predicted octanol–water partition coefficient (Wildman–Crippen LogP) is 3.05. The van der Waals surface area contributed by atoms with Crippen LogP contribution in [-0.4, -0.2) is 37.1 Å². The quantitative estimate of drug-likeness (QED) is 0.647. The van der Waals surface area contributed by atoms with Gasteiger partial charge in [-0.15, -0.1) is 0 Å². The molecule has 1 aliphatic heterocycles. The van der Waals surface area contributed by atoms with Gasteiger partial charge in [-0.3, -0.25) is 14.4 Å². The van der Waals surface area contributed by atoms with Crippen molar-refractivity contribution in [2.45, 2.75) is 6.92 Å². The molecule has 2 heterocycles. The molecule has 0 saturated heterocycles. The summed E-state index contributed by atoms with van der Waals surface area (Å²) in [5.41, 5.74) is 0.921. The van der Waals surface area contributed by atoms with Gasteiger partial charge in [0.25, 0.3) is 17.7 Å². The Morgan fingerprint density at radius 1 is 1.00 bits per heavy atom. The van der Waals surface area contributed by atoms with Gasteiger partial charge in [0.05, 0.1) is 31.0 Å². The Hall–Kier alpha value is -4.14. The smallest absolute Gasteiger partial charge is 0.267 e. The number of hydrogen-bond donors (Lipinski definition) is 1. The van der Waals surface area contributed by atoms with Crippen LogP contribution in [0.2, 0.25) is 0 Å². The van der Waals surface area contributed by atoms with Crippen LogP contribution in [0.1, 0.15) is 36.8 Å². The average Bonchev–Trinajstić information content (AvgIpc) is 3.28. The minimum Gasteiger partial charge on any atom is -0.497 e. The second kappa shape index (κ2) is 7.36. The Balaban J connectivity index is 1.63. The highest BCUT2D eigenvalue weighted by Gasteiger charge is 2.38. The van der Waals surface area contributed by atoms with Crippen LogP contribution in [0.4, 0.5) is 11.5 Å². The highest BCUT2D eigenvalue weighted by atomic mass is 16.5. The molecule has 0 spiro atoms. The van der Waals surface area contributed by atoms with Crippen molar-refractivity contribution in [3.63, 3.8) is 0 Å². The van der Waals surface area contributed by atoms with Crippen molar-refractivity contribution in [1.29, 1.82) is 0 Å². The summed E-state index contributed by atoms with van der Waals surface area (Å²) in [5.74, 6) is -0.00911. The molecule has 0 saturated carbocycles. The van der Waals surface area contributed by atoms with Crippen molar-refractivity contribution >= 4 is 29.2 Å². The maximum absolute atomic E-state index is 12.8. The summed E-state index contributed by atoms with van der Waals surface area (Å²) in [6, 6.07) is 10.8. The lowest BCUT2D eigenvalue weighted by molar-refractivity contribution is 0.0923. The van der Waals surface area contributed by atoms with E-state index in [1.54, 1.807) is 25.1 Å². The first kappa shape index (κ1) is 19.2. The number of amides is 3. The van der Waals surface area contributed by atoms with Crippen LogP contribution < -0.4 is 19.7 Å². The van der Waals surface area contributed by atoms with Gasteiger partial charge >= 0.3 is 0 Å². The summed E-state index contributed by atoms with van der Waals surface area (Å²) in [7, 11) is 3.00. The molecule has 1 N–H and O–H groups in total. The third kappa shape index (κ3) is 3.16. The SMILES string of the molecule is COc1ccc(OC)c(NC(=O)c2ccc3c(c2)C(=O)N(c2cc(C)on2)C3=O)c1. The zero-order valence-corrected chi connectivity index (χ0v) is 16.4. The lowest BCUT2D eigenvalue weighted by atomic mass is 10.1. The topological polar surface area (TPSA) is 111 Å². The summed E-state index contributed by atoms with van der Waals surface area (Å²) >= 11 is 0. The molecule has 4 rings (SSSR count). The van der Waals surface area contributed by atoms with Crippen molar-refractivity contribution in [1.82, 2.24) is 5.16 Å². The molecule has 1 aromatic heterocycles. The van der Waals surface area contributed by atoms with Crippen molar-refractivity contribution in [2.75, 3.05) is 24.4 Å². The third-order valence-electron chi connectivity index (χ3n) is 4.65. The Labute approximate surface area is 171 Å². The van der Waals surface area contributed by atoms with Crippen molar-refractivity contribution < 1.29 is 28.4 Å². The van der Waals surface area contributed by atoms with E-state index in [4.69, 9.17) is 14.0 Å². The average molecular weight is 407 g/mol. The monoisotopic (exact) mass is 407 g/mol. The van der Waals surface area contributed by atoms with E-state index >= 15 is 0 Å². The molecule has 0 radical (unpaired) electrons. The molecule has 0 atom stereocenters. The van der Waals surface area contributed by atoms with E-state index in [0.29, 0.717) is 22.9 Å². The number of ether oxygens (including phenoxy) is 2. The number of hydrogen-bond acceptors (Lipinski definition) is 7. The van der Waals surface area contributed by atoms with Crippen LogP contribution >= 0.6 is 0 Å². The number of aromatic nitrogens is 1. The summed E-state index contributed by atoms with van der Waals surface area (Å²) in [5, 5.41) is 6.47. The van der Waals surface area contributed by atoms with Crippen molar-refractivity contribution in [2.24, 2.45) is 0 Å². The molecule has 0 bridgehead atoms. The van der Waals surface area contributed by atoms with Crippen LogP contribution in [-0.2, 0) is 0 Å². The van der Waals surface area contributed by atoms with Gasteiger partial charge in [-0.25, -0.2) is 4.90 Å². The fraction of sp³-hybridized carbons (Fsp3) is 0.143. The number of methoxy groups -OCH3 is 2. The Morgan fingerprint density at radius 2 is 1.77 bits per heavy atom. The molecular formula is C21H17N3O6. The van der Waals surface area contributed by atoms with E-state index in [1.807, 2.05) is 0 Å². The number of aryl methyl sites for hydroxylation is 1. The number of rotatable bonds is 5. The van der Waals surface area contributed by atoms with Gasteiger partial charge in [0.1, 0.15) is 17.3 Å². The molecule has 152 valence electrons. The fourth-order valence-electron chi connectivity index (χ4n) is 3.16. The van der Waals surface area contributed by atoms with Gasteiger partial charge in [-0.05, 0) is 37.3 Å². The molecule has 1 aliphatic rings. The lowest BCUT2D eigenvalue weighted by Crippen LogP contribution is -2.29. The van der Waals surface area contributed by atoms with Crippen LogP contribution in [0, 0.1) is 6.92 Å². The van der Waals surface area contributed by atoms with Gasteiger partial charge in [-0.2, -0.15) is 0 Å². The number of imide groups is 1. The predicted molar refractivity (Wildman–Crippen MR) is 106 cm³/mol. The van der Waals surface area contributed by atoms with Gasteiger partial charge in [0.2, 0.25) is 0 Å². The van der Waals surface area contributed by atoms with Gasteiger partial charge in [-0.1, -0.05) is 5.16 Å². The molecule has 0 fully saturated rings. The number of carbonyl (C=O) groups is 3. The Kier molecular flexibility index (Phi) is 4.71. The number of nitrogens with one attached hydrogen (secondary N) is 1. The van der Waals surface area contributed by atoms with Gasteiger partial charge in [0, 0.05) is 17.7 Å². The zero-order chi connectivity index (χ0) is 21.4. The Morgan fingerprint density at radius 3 is 2.43 bits per heavy atom. The molecular weight excluding hydrogens is 390 g/mol. The third-order valence-corrected chi connectivity index (χ3v) is 4.65. The van der Waals surface area contributed by atoms with E-state index in [9.17, 15) is 14.4 Å². The van der Waals surface area contributed by atoms with Crippen LogP contribution in [0.3, 0.4) is 0 Å². The molecule has 9 heteroatoms. The number of nitrogens with zero attached hydrogens (tertiary/aromatic N) is 2. The Bertz CT molecular complexity index is 1180. The number of fused-ring (bicyclic) bond motifs is 1. The van der Waals surface area contributed by atoms with E-state index in [0.717, 1.165) is 4.90 Å². The molecule has 3 aromatic rings. The van der Waals surface area contributed by atoms with Crippen LogP contribution in [0.25, 0.3) is 0 Å². The molecule has 30 heavy (non-hydrogen) atoms. The fourth-order valence-corrected chi connectivity index (χ4v) is 3.16. The molecule has 0 unspecified atom stereocenters. The largest absolute Gasteiger partial charge is 0.497 e. The lowest BCUT2D eigenvalue weighted by Gasteiger charge is -2.12. The first-order valence-corrected chi connectivity index (χ1v) is 8.92. The first-order chi connectivity index (χ1) is 14.4. The number of benzene rings is 2. The van der Waals surface area contributed by atoms with Gasteiger partial charge in [0.15, 0.2) is 5.82 Å². The highest BCUT2D eigenvalue weighted by Crippen LogP contribution is 2.31. The molecule has 0 aliphatic carbocycles. The highest BCUT2D eigenvalue weighted by molar-refractivity contribution is 6.34. The maximum Gasteiger partial charge on any atom is 0.267 e. The van der Waals surface area contributed by atoms with Crippen LogP contribution in [0.5, 0.6) is 11.5 Å². The molecule has 2 aromatic carbocycles. The van der Waals surface area contributed by atoms with Gasteiger partial charge < -0.3 is 19.3 Å². The summed E-state index contributed by atoms with van der Waals surface area (Å²) in [4.78, 5) is 39.1. The minimum atomic E-state index is -0.572. The summed E-state index contributed by atoms with van der Waals surface area (Å²) in [6.45, 7) is 1.66. The van der Waals surface area contributed by atoms with Crippen LogP contribution in [0.15, 0.2) is 47.0 Å². The first-order valence-electron chi connectivity index (χ1n) is 8.92.